The molecule has 0 spiro atoms. The van der Waals surface area contributed by atoms with Crippen LogP contribution in [-0.4, -0.2) is 15.7 Å². The van der Waals surface area contributed by atoms with Crippen molar-refractivity contribution in [1.29, 1.82) is 0 Å². The second kappa shape index (κ2) is 6.11. The van der Waals surface area contributed by atoms with Gasteiger partial charge in [-0.15, -0.1) is 11.3 Å². The molecule has 0 amide bonds. The number of ketones is 1. The van der Waals surface area contributed by atoms with E-state index in [4.69, 9.17) is 0 Å². The first-order chi connectivity index (χ1) is 8.99. The van der Waals surface area contributed by atoms with E-state index in [-0.39, 0.29) is 11.5 Å². The average Bonchev–Trinajstić information content (AvgIpc) is 2.78. The number of aryl methyl sites for hydroxylation is 2. The number of hydrogen-bond acceptors (Lipinski definition) is 3. The van der Waals surface area contributed by atoms with E-state index in [0.29, 0.717) is 4.88 Å². The van der Waals surface area contributed by atoms with Gasteiger partial charge in [-0.2, -0.15) is 0 Å². The van der Waals surface area contributed by atoms with Gasteiger partial charge in [0.1, 0.15) is 0 Å². The molecule has 2 rings (SSSR count). The number of thiophene rings is 1. The Morgan fingerprint density at radius 3 is 2.68 bits per heavy atom. The van der Waals surface area contributed by atoms with Crippen molar-refractivity contribution in [3.63, 3.8) is 0 Å². The molecule has 2 nitrogen and oxygen atoms in total. The van der Waals surface area contributed by atoms with E-state index >= 15 is 0 Å². The number of carbonyl (C=O) groups excluding carboxylic acids is 1. The Hall–Kier alpha value is -0.780. The monoisotopic (exact) mass is 356 g/mol. The van der Waals surface area contributed by atoms with Crippen LogP contribution >= 0.6 is 27.3 Å². The minimum atomic E-state index is -1.29. The minimum Gasteiger partial charge on any atom is -0.292 e. The van der Waals surface area contributed by atoms with Crippen LogP contribution in [0.2, 0.25) is 0 Å². The SMILES string of the molecule is Cc1ccc(C)c(S(=O)CC(=O)c2sccc2Br)c1. The van der Waals surface area contributed by atoms with Gasteiger partial charge in [-0.25, -0.2) is 0 Å². The highest BCUT2D eigenvalue weighted by Gasteiger charge is 2.17. The molecule has 0 saturated carbocycles. The van der Waals surface area contributed by atoms with Crippen molar-refractivity contribution in [1.82, 2.24) is 0 Å². The summed E-state index contributed by atoms with van der Waals surface area (Å²) in [4.78, 5) is 13.5. The van der Waals surface area contributed by atoms with Crippen LogP contribution in [0.3, 0.4) is 0 Å². The fourth-order valence-electron chi connectivity index (χ4n) is 1.71. The average molecular weight is 357 g/mol. The van der Waals surface area contributed by atoms with E-state index in [1.807, 2.05) is 43.5 Å². The first kappa shape index (κ1) is 14.6. The molecule has 0 aliphatic carbocycles. The summed E-state index contributed by atoms with van der Waals surface area (Å²) in [5.74, 6) is -0.0511. The molecule has 0 N–H and O–H groups in total. The number of halogens is 1. The summed E-state index contributed by atoms with van der Waals surface area (Å²) in [6.45, 7) is 3.87. The Morgan fingerprint density at radius 2 is 2.05 bits per heavy atom. The quantitative estimate of drug-likeness (QED) is 0.772. The predicted molar refractivity (Wildman–Crippen MR) is 83.5 cm³/mol. The van der Waals surface area contributed by atoms with Gasteiger partial charge in [0, 0.05) is 9.37 Å². The number of hydrogen-bond donors (Lipinski definition) is 0. The van der Waals surface area contributed by atoms with Gasteiger partial charge in [-0.3, -0.25) is 9.00 Å². The zero-order valence-corrected chi connectivity index (χ0v) is 13.8. The van der Waals surface area contributed by atoms with Gasteiger partial charge in [0.2, 0.25) is 0 Å². The fraction of sp³-hybridized carbons (Fsp3) is 0.214. The van der Waals surface area contributed by atoms with Crippen LogP contribution in [0.1, 0.15) is 20.8 Å². The molecule has 1 heterocycles. The summed E-state index contributed by atoms with van der Waals surface area (Å²) >= 11 is 4.70. The van der Waals surface area contributed by atoms with Crippen LogP contribution in [0.4, 0.5) is 0 Å². The molecule has 19 heavy (non-hydrogen) atoms. The zero-order chi connectivity index (χ0) is 14.0. The maximum atomic E-state index is 12.3. The van der Waals surface area contributed by atoms with Crippen molar-refractivity contribution in [3.05, 3.63) is 50.1 Å². The lowest BCUT2D eigenvalue weighted by molar-refractivity contribution is 0.102. The minimum absolute atomic E-state index is 0.0312. The third-order valence-electron chi connectivity index (χ3n) is 2.72. The normalized spacial score (nSPS) is 12.4. The smallest absolute Gasteiger partial charge is 0.186 e. The van der Waals surface area contributed by atoms with Gasteiger partial charge in [-0.05, 0) is 58.4 Å². The second-order valence-electron chi connectivity index (χ2n) is 4.28. The van der Waals surface area contributed by atoms with Crippen molar-refractivity contribution in [2.24, 2.45) is 0 Å². The molecule has 1 aromatic carbocycles. The molecular formula is C14H13BrO2S2. The molecule has 0 aliphatic heterocycles. The Kier molecular flexibility index (Phi) is 4.71. The maximum absolute atomic E-state index is 12.3. The van der Waals surface area contributed by atoms with Crippen molar-refractivity contribution in [2.45, 2.75) is 18.7 Å². The van der Waals surface area contributed by atoms with Gasteiger partial charge in [0.25, 0.3) is 0 Å². The van der Waals surface area contributed by atoms with Gasteiger partial charge in [0.05, 0.1) is 21.4 Å². The number of Topliss-reactive ketones (excluding diaryl/α,β-unsaturated/α-hetero) is 1. The second-order valence-corrected chi connectivity index (χ2v) is 7.47. The van der Waals surface area contributed by atoms with Gasteiger partial charge >= 0.3 is 0 Å². The van der Waals surface area contributed by atoms with Crippen molar-refractivity contribution < 1.29 is 9.00 Å². The summed E-state index contributed by atoms with van der Waals surface area (Å²) in [6, 6.07) is 7.64. The predicted octanol–water partition coefficient (Wildman–Crippen LogP) is 4.12. The molecule has 1 unspecified atom stereocenters. The molecule has 0 radical (unpaired) electrons. The highest BCUT2D eigenvalue weighted by molar-refractivity contribution is 9.10. The summed E-state index contributed by atoms with van der Waals surface area (Å²) in [6.07, 6.45) is 0. The Labute approximate surface area is 127 Å². The summed E-state index contributed by atoms with van der Waals surface area (Å²) in [5.41, 5.74) is 2.01. The Balaban J connectivity index is 2.20. The third-order valence-corrected chi connectivity index (χ3v) is 6.06. The molecule has 0 fully saturated rings. The van der Waals surface area contributed by atoms with Crippen molar-refractivity contribution in [3.8, 4) is 0 Å². The lowest BCUT2D eigenvalue weighted by atomic mass is 10.2. The number of benzene rings is 1. The molecule has 100 valence electrons. The molecule has 0 aliphatic rings. The van der Waals surface area contributed by atoms with E-state index in [0.717, 1.165) is 20.5 Å². The zero-order valence-electron chi connectivity index (χ0n) is 10.6. The van der Waals surface area contributed by atoms with Gasteiger partial charge in [-0.1, -0.05) is 12.1 Å². The molecule has 0 bridgehead atoms. The highest BCUT2D eigenvalue weighted by Crippen LogP contribution is 2.24. The lowest BCUT2D eigenvalue weighted by Gasteiger charge is -2.06. The van der Waals surface area contributed by atoms with Crippen LogP contribution in [-0.2, 0) is 10.8 Å². The van der Waals surface area contributed by atoms with E-state index < -0.39 is 10.8 Å². The fourth-order valence-corrected chi connectivity index (χ4v) is 4.61. The largest absolute Gasteiger partial charge is 0.292 e. The summed E-state index contributed by atoms with van der Waals surface area (Å²) in [7, 11) is -1.29. The topological polar surface area (TPSA) is 34.1 Å². The first-order valence-corrected chi connectivity index (χ1v) is 8.70. The molecule has 0 saturated heterocycles. The van der Waals surface area contributed by atoms with Crippen LogP contribution in [0, 0.1) is 13.8 Å². The Morgan fingerprint density at radius 1 is 1.32 bits per heavy atom. The standard InChI is InChI=1S/C14H13BrO2S2/c1-9-3-4-10(2)13(7-9)19(17)8-12(16)14-11(15)5-6-18-14/h3-7H,8H2,1-2H3. The molecule has 2 aromatic rings. The summed E-state index contributed by atoms with van der Waals surface area (Å²) < 4.78 is 13.1. The molecular weight excluding hydrogens is 344 g/mol. The number of rotatable bonds is 4. The first-order valence-electron chi connectivity index (χ1n) is 5.71. The molecule has 1 atom stereocenters. The van der Waals surface area contributed by atoms with Crippen LogP contribution in [0.5, 0.6) is 0 Å². The highest BCUT2D eigenvalue weighted by atomic mass is 79.9. The Bertz CT molecular complexity index is 647. The van der Waals surface area contributed by atoms with E-state index in [1.165, 1.54) is 11.3 Å². The van der Waals surface area contributed by atoms with Gasteiger partial charge in [0.15, 0.2) is 5.78 Å². The van der Waals surface area contributed by atoms with Crippen molar-refractivity contribution in [2.75, 3.05) is 5.75 Å². The van der Waals surface area contributed by atoms with Crippen LogP contribution in [0.15, 0.2) is 39.0 Å². The van der Waals surface area contributed by atoms with E-state index in [9.17, 15) is 9.00 Å². The molecule has 5 heteroatoms. The van der Waals surface area contributed by atoms with Crippen molar-refractivity contribution >= 4 is 43.8 Å². The van der Waals surface area contributed by atoms with E-state index in [1.54, 1.807) is 0 Å². The van der Waals surface area contributed by atoms with Crippen LogP contribution < -0.4 is 0 Å². The van der Waals surface area contributed by atoms with Gasteiger partial charge < -0.3 is 0 Å². The maximum Gasteiger partial charge on any atom is 0.186 e. The van der Waals surface area contributed by atoms with Crippen LogP contribution in [0.25, 0.3) is 0 Å². The molecule has 1 aromatic heterocycles. The number of carbonyl (C=O) groups is 1. The van der Waals surface area contributed by atoms with E-state index in [2.05, 4.69) is 15.9 Å². The summed E-state index contributed by atoms with van der Waals surface area (Å²) in [5, 5.41) is 1.85. The third kappa shape index (κ3) is 3.41. The lowest BCUT2D eigenvalue weighted by Crippen LogP contribution is -2.11.